The molecule has 128 valence electrons. The fourth-order valence-corrected chi connectivity index (χ4v) is 4.12. The molecule has 0 amide bonds. The molecule has 1 N–H and O–H groups in total. The number of ketones is 1. The molecule has 0 saturated heterocycles. The van der Waals surface area contributed by atoms with Gasteiger partial charge in [-0.25, -0.2) is 0 Å². The molecule has 1 aliphatic rings. The molecule has 1 aliphatic carbocycles. The molecule has 1 saturated carbocycles. The summed E-state index contributed by atoms with van der Waals surface area (Å²) in [5, 5.41) is 6.91. The number of hydrogen-bond donors (Lipinski definition) is 1. The van der Waals surface area contributed by atoms with Gasteiger partial charge in [0.25, 0.3) is 0 Å². The SMILES string of the molecule is CCC1CCCCC1CCCC(=O)c1ccc(-c2ccn[nH]2)cc1. The Morgan fingerprint density at radius 1 is 1.12 bits per heavy atom. The lowest BCUT2D eigenvalue weighted by atomic mass is 9.75. The normalized spacial score (nSPS) is 20.9. The lowest BCUT2D eigenvalue weighted by Gasteiger charge is -2.30. The predicted molar refractivity (Wildman–Crippen MR) is 97.9 cm³/mol. The predicted octanol–water partition coefficient (Wildman–Crippen LogP) is 5.65. The van der Waals surface area contributed by atoms with Crippen molar-refractivity contribution in [1.82, 2.24) is 10.2 Å². The van der Waals surface area contributed by atoms with Crippen LogP contribution in [0.3, 0.4) is 0 Å². The maximum absolute atomic E-state index is 12.4. The second-order valence-corrected chi connectivity index (χ2v) is 7.08. The van der Waals surface area contributed by atoms with Crippen molar-refractivity contribution in [3.63, 3.8) is 0 Å². The number of aromatic amines is 1. The van der Waals surface area contributed by atoms with Crippen LogP contribution in [-0.2, 0) is 0 Å². The number of rotatable bonds is 7. The van der Waals surface area contributed by atoms with E-state index in [0.29, 0.717) is 6.42 Å². The van der Waals surface area contributed by atoms with Crippen LogP contribution in [0.15, 0.2) is 36.5 Å². The zero-order valence-electron chi connectivity index (χ0n) is 14.6. The minimum absolute atomic E-state index is 0.273. The number of hydrogen-bond acceptors (Lipinski definition) is 2. The minimum atomic E-state index is 0.273. The van der Waals surface area contributed by atoms with Gasteiger partial charge in [-0.3, -0.25) is 9.89 Å². The molecule has 0 bridgehead atoms. The Labute approximate surface area is 144 Å². The summed E-state index contributed by atoms with van der Waals surface area (Å²) in [7, 11) is 0. The van der Waals surface area contributed by atoms with Crippen LogP contribution in [-0.4, -0.2) is 16.0 Å². The highest BCUT2D eigenvalue weighted by molar-refractivity contribution is 5.96. The van der Waals surface area contributed by atoms with Crippen molar-refractivity contribution in [2.24, 2.45) is 11.8 Å². The Bertz CT molecular complexity index is 630. The molecule has 1 fully saturated rings. The maximum Gasteiger partial charge on any atom is 0.162 e. The third kappa shape index (κ3) is 4.14. The Hall–Kier alpha value is -1.90. The average Bonchev–Trinajstić information content (AvgIpc) is 3.17. The van der Waals surface area contributed by atoms with Crippen molar-refractivity contribution in [3.05, 3.63) is 42.1 Å². The molecular formula is C21H28N2O. The monoisotopic (exact) mass is 324 g/mol. The van der Waals surface area contributed by atoms with E-state index < -0.39 is 0 Å². The molecule has 1 aromatic carbocycles. The van der Waals surface area contributed by atoms with Crippen molar-refractivity contribution >= 4 is 5.78 Å². The molecule has 0 aliphatic heterocycles. The van der Waals surface area contributed by atoms with Crippen LogP contribution in [0.1, 0.15) is 68.6 Å². The van der Waals surface area contributed by atoms with Crippen LogP contribution >= 0.6 is 0 Å². The number of Topliss-reactive ketones (excluding diaryl/α,β-unsaturated/α-hetero) is 1. The number of carbonyl (C=O) groups is 1. The second-order valence-electron chi connectivity index (χ2n) is 7.08. The molecule has 3 nitrogen and oxygen atoms in total. The van der Waals surface area contributed by atoms with E-state index in [1.54, 1.807) is 6.20 Å². The first-order valence-electron chi connectivity index (χ1n) is 9.41. The number of carbonyl (C=O) groups excluding carboxylic acids is 1. The number of benzene rings is 1. The Morgan fingerprint density at radius 2 is 1.88 bits per heavy atom. The standard InChI is InChI=1S/C21H28N2O/c1-2-16-6-3-4-7-17(16)8-5-9-21(24)19-12-10-18(11-13-19)20-14-15-22-23-20/h10-17H,2-9H2,1H3,(H,22,23). The highest BCUT2D eigenvalue weighted by atomic mass is 16.1. The second kappa shape index (κ2) is 8.27. The molecule has 2 atom stereocenters. The molecule has 3 rings (SSSR count). The minimum Gasteiger partial charge on any atom is -0.294 e. The fourth-order valence-electron chi connectivity index (χ4n) is 4.12. The molecule has 1 aromatic heterocycles. The molecule has 0 spiro atoms. The van der Waals surface area contributed by atoms with Crippen LogP contribution in [0, 0.1) is 11.8 Å². The van der Waals surface area contributed by atoms with Gasteiger partial charge in [0, 0.05) is 18.2 Å². The van der Waals surface area contributed by atoms with Crippen molar-refractivity contribution < 1.29 is 4.79 Å². The largest absolute Gasteiger partial charge is 0.294 e. The molecule has 3 heteroatoms. The summed E-state index contributed by atoms with van der Waals surface area (Å²) >= 11 is 0. The van der Waals surface area contributed by atoms with E-state index in [9.17, 15) is 4.79 Å². The molecule has 1 heterocycles. The van der Waals surface area contributed by atoms with Crippen LogP contribution in [0.5, 0.6) is 0 Å². The Morgan fingerprint density at radius 3 is 2.54 bits per heavy atom. The summed E-state index contributed by atoms with van der Waals surface area (Å²) in [5.41, 5.74) is 2.88. The van der Waals surface area contributed by atoms with Crippen molar-refractivity contribution in [2.45, 2.75) is 58.3 Å². The third-order valence-corrected chi connectivity index (χ3v) is 5.59. The molecule has 2 aromatic rings. The Kier molecular flexibility index (Phi) is 5.84. The van der Waals surface area contributed by atoms with E-state index in [1.165, 1.54) is 38.5 Å². The lowest BCUT2D eigenvalue weighted by molar-refractivity contribution is 0.0973. The first-order valence-corrected chi connectivity index (χ1v) is 9.41. The van der Waals surface area contributed by atoms with E-state index in [-0.39, 0.29) is 5.78 Å². The van der Waals surface area contributed by atoms with Gasteiger partial charge in [0.15, 0.2) is 5.78 Å². The summed E-state index contributed by atoms with van der Waals surface area (Å²) < 4.78 is 0. The highest BCUT2D eigenvalue weighted by Crippen LogP contribution is 2.35. The summed E-state index contributed by atoms with van der Waals surface area (Å²) in [5.74, 6) is 2.01. The third-order valence-electron chi connectivity index (χ3n) is 5.59. The zero-order chi connectivity index (χ0) is 16.8. The quantitative estimate of drug-likeness (QED) is 0.669. The highest BCUT2D eigenvalue weighted by Gasteiger charge is 2.23. The van der Waals surface area contributed by atoms with E-state index in [1.807, 2.05) is 30.3 Å². The molecular weight excluding hydrogens is 296 g/mol. The molecule has 2 unspecified atom stereocenters. The molecule has 24 heavy (non-hydrogen) atoms. The summed E-state index contributed by atoms with van der Waals surface area (Å²) in [6.45, 7) is 2.31. The van der Waals surface area contributed by atoms with Gasteiger partial charge in [-0.2, -0.15) is 5.10 Å². The summed E-state index contributed by atoms with van der Waals surface area (Å²) in [6.07, 6.45) is 11.5. The first kappa shape index (κ1) is 16.9. The average molecular weight is 324 g/mol. The number of nitrogens with one attached hydrogen (secondary N) is 1. The van der Waals surface area contributed by atoms with Crippen molar-refractivity contribution in [2.75, 3.05) is 0 Å². The van der Waals surface area contributed by atoms with Gasteiger partial charge in [-0.05, 0) is 36.3 Å². The summed E-state index contributed by atoms with van der Waals surface area (Å²) in [6, 6.07) is 9.80. The van der Waals surface area contributed by atoms with Gasteiger partial charge >= 0.3 is 0 Å². The van der Waals surface area contributed by atoms with Gasteiger partial charge in [0.1, 0.15) is 0 Å². The lowest BCUT2D eigenvalue weighted by Crippen LogP contribution is -2.19. The number of H-pyrrole nitrogens is 1. The van der Waals surface area contributed by atoms with Crippen LogP contribution in [0.25, 0.3) is 11.3 Å². The molecule has 0 radical (unpaired) electrons. The van der Waals surface area contributed by atoms with E-state index in [2.05, 4.69) is 17.1 Å². The van der Waals surface area contributed by atoms with Crippen LogP contribution in [0.4, 0.5) is 0 Å². The summed E-state index contributed by atoms with van der Waals surface area (Å²) in [4.78, 5) is 12.4. The van der Waals surface area contributed by atoms with Gasteiger partial charge in [0.2, 0.25) is 0 Å². The van der Waals surface area contributed by atoms with E-state index >= 15 is 0 Å². The fraction of sp³-hybridized carbons (Fsp3) is 0.524. The van der Waals surface area contributed by atoms with Crippen molar-refractivity contribution in [1.29, 1.82) is 0 Å². The van der Waals surface area contributed by atoms with Gasteiger partial charge in [-0.15, -0.1) is 0 Å². The van der Waals surface area contributed by atoms with Gasteiger partial charge < -0.3 is 0 Å². The zero-order valence-corrected chi connectivity index (χ0v) is 14.6. The van der Waals surface area contributed by atoms with Crippen molar-refractivity contribution in [3.8, 4) is 11.3 Å². The maximum atomic E-state index is 12.4. The topological polar surface area (TPSA) is 45.8 Å². The smallest absolute Gasteiger partial charge is 0.162 e. The van der Waals surface area contributed by atoms with E-state index in [4.69, 9.17) is 0 Å². The number of nitrogens with zero attached hydrogens (tertiary/aromatic N) is 1. The number of aromatic nitrogens is 2. The Balaban J connectivity index is 1.50. The first-order chi connectivity index (χ1) is 11.8. The van der Waals surface area contributed by atoms with Gasteiger partial charge in [-0.1, -0.05) is 63.3 Å². The van der Waals surface area contributed by atoms with E-state index in [0.717, 1.165) is 35.1 Å². The van der Waals surface area contributed by atoms with Gasteiger partial charge in [0.05, 0.1) is 5.69 Å². The van der Waals surface area contributed by atoms with Crippen LogP contribution < -0.4 is 0 Å². The van der Waals surface area contributed by atoms with Crippen LogP contribution in [0.2, 0.25) is 0 Å².